The standard InChI is InChI=1S/C24H35N3O5.3ClH/c1-27-12-10-23-19-14-6-7-17(28)20(19)32-21(23)15(8-9-24(23,31-2)18(27)13-14)26-16(22(29)30)5-3-4-11-25;;;/h6-7,15-16,18,21,26,28H,3-5,8-13,25H2,1-2H3,(H,29,30);3*1H/t15?,16-,18+,21?,23-,24+;;;/m0.../s1. The number of phenolic OH excluding ortho intramolecular Hbond substituents is 1. The Labute approximate surface area is 225 Å². The molecule has 11 heteroatoms. The fourth-order valence-corrected chi connectivity index (χ4v) is 7.34. The van der Waals surface area contributed by atoms with Crippen LogP contribution in [0.5, 0.6) is 11.5 Å². The van der Waals surface area contributed by atoms with Gasteiger partial charge in [0.05, 0.1) is 11.0 Å². The number of nitrogens with one attached hydrogen (secondary N) is 1. The lowest BCUT2D eigenvalue weighted by atomic mass is 9.48. The van der Waals surface area contributed by atoms with Crippen molar-refractivity contribution in [1.82, 2.24) is 10.2 Å². The molecule has 0 radical (unpaired) electrons. The van der Waals surface area contributed by atoms with Gasteiger partial charge in [0.1, 0.15) is 12.1 Å². The molecule has 1 aromatic rings. The van der Waals surface area contributed by atoms with Gasteiger partial charge in [-0.1, -0.05) is 12.5 Å². The van der Waals surface area contributed by atoms with Crippen LogP contribution in [-0.2, 0) is 21.4 Å². The summed E-state index contributed by atoms with van der Waals surface area (Å²) in [4.78, 5) is 14.4. The van der Waals surface area contributed by atoms with Crippen molar-refractivity contribution in [3.05, 3.63) is 23.3 Å². The number of hydrogen-bond donors (Lipinski definition) is 4. The molecule has 8 nitrogen and oxygen atoms in total. The van der Waals surface area contributed by atoms with Crippen LogP contribution in [0.25, 0.3) is 0 Å². The summed E-state index contributed by atoms with van der Waals surface area (Å²) in [7, 11) is 3.97. The number of rotatable bonds is 8. The van der Waals surface area contributed by atoms with Crippen LogP contribution in [0.3, 0.4) is 0 Å². The van der Waals surface area contributed by atoms with Gasteiger partial charge >= 0.3 is 5.97 Å². The highest BCUT2D eigenvalue weighted by Gasteiger charge is 2.73. The van der Waals surface area contributed by atoms with E-state index in [0.29, 0.717) is 18.7 Å². The molecule has 2 bridgehead atoms. The average molecular weight is 555 g/mol. The van der Waals surface area contributed by atoms with Crippen molar-refractivity contribution in [1.29, 1.82) is 0 Å². The van der Waals surface area contributed by atoms with Crippen LogP contribution in [0, 0.1) is 0 Å². The molecular weight excluding hydrogens is 517 g/mol. The quantitative estimate of drug-likeness (QED) is 0.362. The largest absolute Gasteiger partial charge is 0.504 e. The number of halogens is 3. The van der Waals surface area contributed by atoms with Crippen molar-refractivity contribution < 1.29 is 24.5 Å². The number of methoxy groups -OCH3 is 1. The molecule has 2 heterocycles. The van der Waals surface area contributed by atoms with Gasteiger partial charge in [-0.25, -0.2) is 0 Å². The second kappa shape index (κ2) is 11.2. The van der Waals surface area contributed by atoms with Gasteiger partial charge in [0.25, 0.3) is 0 Å². The zero-order chi connectivity index (χ0) is 22.7. The van der Waals surface area contributed by atoms with Crippen LogP contribution in [0.15, 0.2) is 12.1 Å². The molecule has 5 N–H and O–H groups in total. The number of likely N-dealkylation sites (tertiary alicyclic amines) is 1. The molecule has 1 spiro atoms. The number of ether oxygens (including phenoxy) is 2. The van der Waals surface area contributed by atoms with Crippen LogP contribution in [-0.4, -0.2) is 78.2 Å². The molecule has 1 aromatic carbocycles. The number of piperidine rings is 1. The Bertz CT molecular complexity index is 925. The molecule has 2 fully saturated rings. The predicted molar refractivity (Wildman–Crippen MR) is 141 cm³/mol. The summed E-state index contributed by atoms with van der Waals surface area (Å²) in [5, 5.41) is 24.0. The van der Waals surface area contributed by atoms with E-state index < -0.39 is 23.0 Å². The van der Waals surface area contributed by atoms with Crippen molar-refractivity contribution in [3.63, 3.8) is 0 Å². The van der Waals surface area contributed by atoms with Crippen LogP contribution in [0.2, 0.25) is 0 Å². The highest BCUT2D eigenvalue weighted by Crippen LogP contribution is 2.66. The Morgan fingerprint density at radius 3 is 2.71 bits per heavy atom. The van der Waals surface area contributed by atoms with Crippen molar-refractivity contribution in [2.24, 2.45) is 5.73 Å². The molecule has 4 aliphatic rings. The van der Waals surface area contributed by atoms with E-state index in [4.69, 9.17) is 15.2 Å². The van der Waals surface area contributed by atoms with Crippen LogP contribution >= 0.6 is 37.2 Å². The number of nitrogens with two attached hydrogens (primary N) is 1. The number of carbonyl (C=O) groups is 1. The highest BCUT2D eigenvalue weighted by molar-refractivity contribution is 5.86. The number of carboxylic acids is 1. The first kappa shape index (κ1) is 30.2. The lowest BCUT2D eigenvalue weighted by Crippen LogP contribution is -2.78. The summed E-state index contributed by atoms with van der Waals surface area (Å²) in [6.45, 7) is 1.48. The molecule has 1 saturated carbocycles. The zero-order valence-corrected chi connectivity index (χ0v) is 22.6. The summed E-state index contributed by atoms with van der Waals surface area (Å²) in [5.74, 6) is -0.112. The Morgan fingerprint density at radius 1 is 1.31 bits per heavy atom. The van der Waals surface area contributed by atoms with Gasteiger partial charge in [-0.2, -0.15) is 0 Å². The normalized spacial score (nSPS) is 32.7. The second-order valence-electron chi connectivity index (χ2n) is 9.99. The maximum atomic E-state index is 12.0. The first-order chi connectivity index (χ1) is 15.4. The number of nitrogens with zero attached hydrogens (tertiary/aromatic N) is 1. The third kappa shape index (κ3) is 4.19. The Morgan fingerprint density at radius 2 is 2.06 bits per heavy atom. The molecule has 0 aromatic heterocycles. The number of aromatic hydroxyl groups is 1. The van der Waals surface area contributed by atoms with E-state index in [1.54, 1.807) is 13.2 Å². The van der Waals surface area contributed by atoms with Crippen molar-refractivity contribution in [3.8, 4) is 11.5 Å². The average Bonchev–Trinajstić information content (AvgIpc) is 3.14. The minimum Gasteiger partial charge on any atom is -0.504 e. The Hall–Kier alpha value is -1.000. The van der Waals surface area contributed by atoms with Crippen LogP contribution in [0.1, 0.15) is 49.7 Å². The first-order valence-corrected chi connectivity index (χ1v) is 11.9. The van der Waals surface area contributed by atoms with Gasteiger partial charge in [-0.05, 0) is 70.3 Å². The third-order valence-electron chi connectivity index (χ3n) is 8.71. The van der Waals surface area contributed by atoms with Gasteiger partial charge in [-0.15, -0.1) is 37.2 Å². The third-order valence-corrected chi connectivity index (χ3v) is 8.71. The number of phenols is 1. The van der Waals surface area contributed by atoms with E-state index in [2.05, 4.69) is 17.3 Å². The van der Waals surface area contributed by atoms with E-state index in [1.807, 2.05) is 6.07 Å². The first-order valence-electron chi connectivity index (χ1n) is 11.9. The summed E-state index contributed by atoms with van der Waals surface area (Å²) in [5.41, 5.74) is 7.08. The SMILES string of the molecule is CO[C@@]12CCC(N[C@@H](CCCCN)C(=O)O)C3Oc4c(O)ccc5c4[C@@]31CCN(C)[C@@H]2C5.Cl.Cl.Cl. The monoisotopic (exact) mass is 553 g/mol. The fraction of sp³-hybridized carbons (Fsp3) is 0.708. The number of unbranched alkanes of at least 4 members (excludes halogenated alkanes) is 1. The lowest BCUT2D eigenvalue weighted by molar-refractivity contribution is -0.204. The van der Waals surface area contributed by atoms with Crippen molar-refractivity contribution in [2.45, 2.75) is 80.2 Å². The van der Waals surface area contributed by atoms with E-state index in [9.17, 15) is 15.0 Å². The predicted octanol–water partition coefficient (Wildman–Crippen LogP) is 2.64. The molecule has 35 heavy (non-hydrogen) atoms. The van der Waals surface area contributed by atoms with Gasteiger partial charge in [0, 0.05) is 24.8 Å². The topological polar surface area (TPSA) is 117 Å². The fourth-order valence-electron chi connectivity index (χ4n) is 7.34. The number of carboxylic acid groups (broad SMARTS) is 1. The van der Waals surface area contributed by atoms with Gasteiger partial charge < -0.3 is 30.3 Å². The molecule has 2 unspecified atom stereocenters. The number of hydrogen-bond acceptors (Lipinski definition) is 7. The van der Waals surface area contributed by atoms with Gasteiger partial charge in [-0.3, -0.25) is 10.1 Å². The summed E-state index contributed by atoms with van der Waals surface area (Å²) >= 11 is 0. The maximum absolute atomic E-state index is 12.0. The number of aliphatic carboxylic acids is 1. The molecule has 0 amide bonds. The molecule has 6 atom stereocenters. The summed E-state index contributed by atoms with van der Waals surface area (Å²) < 4.78 is 13.0. The molecule has 2 aliphatic carbocycles. The molecule has 1 saturated heterocycles. The summed E-state index contributed by atoms with van der Waals surface area (Å²) in [6, 6.07) is 3.18. The minimum atomic E-state index is -0.841. The van der Waals surface area contributed by atoms with Gasteiger partial charge in [0.2, 0.25) is 0 Å². The smallest absolute Gasteiger partial charge is 0.320 e. The lowest BCUT2D eigenvalue weighted by Gasteiger charge is -2.65. The van der Waals surface area contributed by atoms with Crippen molar-refractivity contribution >= 4 is 43.2 Å². The second-order valence-corrected chi connectivity index (χ2v) is 9.99. The maximum Gasteiger partial charge on any atom is 0.320 e. The zero-order valence-electron chi connectivity index (χ0n) is 20.2. The molecule has 200 valence electrons. The van der Waals surface area contributed by atoms with Crippen molar-refractivity contribution in [2.75, 3.05) is 27.2 Å². The Kier molecular flexibility index (Phi) is 9.65. The molecule has 2 aliphatic heterocycles. The number of likely N-dealkylation sites (N-methyl/N-ethyl adjacent to an activating group) is 1. The van der Waals surface area contributed by atoms with E-state index >= 15 is 0 Å². The highest BCUT2D eigenvalue weighted by atomic mass is 35.5. The Balaban J connectivity index is 0.00000144. The minimum absolute atomic E-state index is 0. The van der Waals surface area contributed by atoms with Crippen LogP contribution < -0.4 is 15.8 Å². The summed E-state index contributed by atoms with van der Waals surface area (Å²) in [6.07, 6.45) is 5.12. The van der Waals surface area contributed by atoms with Crippen LogP contribution in [0.4, 0.5) is 0 Å². The van der Waals surface area contributed by atoms with E-state index in [-0.39, 0.29) is 61.2 Å². The van der Waals surface area contributed by atoms with Gasteiger partial charge in [0.15, 0.2) is 11.5 Å². The van der Waals surface area contributed by atoms with E-state index in [0.717, 1.165) is 50.6 Å². The molecule has 5 rings (SSSR count). The van der Waals surface area contributed by atoms with E-state index in [1.165, 1.54) is 5.56 Å². The number of benzene rings is 1. The molecular formula is C24H38Cl3N3O5.